The summed E-state index contributed by atoms with van der Waals surface area (Å²) in [6.07, 6.45) is 0. The molecule has 0 bridgehead atoms. The molecule has 1 heterocycles. The molecule has 22 heavy (non-hydrogen) atoms. The molecule has 0 spiro atoms. The second-order valence-electron chi connectivity index (χ2n) is 4.39. The molecule has 0 aliphatic carbocycles. The van der Waals surface area contributed by atoms with Crippen molar-refractivity contribution in [2.75, 3.05) is 28.4 Å². The second kappa shape index (κ2) is 5.97. The number of hydrogen-bond acceptors (Lipinski definition) is 7. The van der Waals surface area contributed by atoms with Crippen molar-refractivity contribution in [2.45, 2.75) is 6.92 Å². The number of methoxy groups -OCH3 is 4. The smallest absolute Gasteiger partial charge is 0.345 e. The van der Waals surface area contributed by atoms with Crippen LogP contribution in [0.25, 0.3) is 11.0 Å². The van der Waals surface area contributed by atoms with Crippen LogP contribution in [0.4, 0.5) is 0 Å². The van der Waals surface area contributed by atoms with Gasteiger partial charge in [-0.15, -0.1) is 0 Å². The molecule has 0 atom stereocenters. The van der Waals surface area contributed by atoms with E-state index >= 15 is 0 Å². The van der Waals surface area contributed by atoms with Gasteiger partial charge in [-0.3, -0.25) is 4.79 Å². The van der Waals surface area contributed by atoms with Gasteiger partial charge < -0.3 is 23.4 Å². The van der Waals surface area contributed by atoms with Crippen LogP contribution >= 0.6 is 0 Å². The SMILES string of the molecule is COC(=O)c1c(OC)c(OC)c2oc(C)cc(=O)c2c1OC. The minimum Gasteiger partial charge on any atom is -0.495 e. The van der Waals surface area contributed by atoms with Gasteiger partial charge in [-0.05, 0) is 6.92 Å². The predicted molar refractivity (Wildman–Crippen MR) is 78.2 cm³/mol. The Morgan fingerprint density at radius 2 is 1.59 bits per heavy atom. The van der Waals surface area contributed by atoms with E-state index in [0.717, 1.165) is 0 Å². The van der Waals surface area contributed by atoms with Crippen molar-refractivity contribution in [3.8, 4) is 17.2 Å². The van der Waals surface area contributed by atoms with Gasteiger partial charge in [-0.25, -0.2) is 4.79 Å². The van der Waals surface area contributed by atoms with Gasteiger partial charge in [0.15, 0.2) is 22.5 Å². The number of rotatable bonds is 4. The van der Waals surface area contributed by atoms with Gasteiger partial charge in [-0.2, -0.15) is 0 Å². The fraction of sp³-hybridized carbons (Fsp3) is 0.333. The maximum absolute atomic E-state index is 12.3. The number of aryl methyl sites for hydroxylation is 1. The Balaban J connectivity index is 3.13. The average molecular weight is 308 g/mol. The van der Waals surface area contributed by atoms with Crippen molar-refractivity contribution >= 4 is 16.9 Å². The molecule has 0 fully saturated rings. The highest BCUT2D eigenvalue weighted by molar-refractivity contribution is 6.05. The number of carbonyl (C=O) groups excluding carboxylic acids is 1. The third-order valence-corrected chi connectivity index (χ3v) is 3.17. The quantitative estimate of drug-likeness (QED) is 0.798. The average Bonchev–Trinajstić information content (AvgIpc) is 2.51. The normalized spacial score (nSPS) is 10.4. The van der Waals surface area contributed by atoms with Gasteiger partial charge in [0.05, 0.1) is 28.4 Å². The molecule has 2 aromatic rings. The van der Waals surface area contributed by atoms with E-state index in [0.29, 0.717) is 5.76 Å². The van der Waals surface area contributed by atoms with E-state index in [1.54, 1.807) is 6.92 Å². The van der Waals surface area contributed by atoms with Crippen LogP contribution in [0.3, 0.4) is 0 Å². The molecule has 0 radical (unpaired) electrons. The number of hydrogen-bond donors (Lipinski definition) is 0. The summed E-state index contributed by atoms with van der Waals surface area (Å²) in [7, 11) is 5.30. The summed E-state index contributed by atoms with van der Waals surface area (Å²) < 4.78 is 26.1. The van der Waals surface area contributed by atoms with E-state index in [9.17, 15) is 9.59 Å². The number of benzene rings is 1. The molecule has 0 saturated heterocycles. The van der Waals surface area contributed by atoms with Crippen LogP contribution in [0.2, 0.25) is 0 Å². The highest BCUT2D eigenvalue weighted by atomic mass is 16.5. The lowest BCUT2D eigenvalue weighted by atomic mass is 10.1. The topological polar surface area (TPSA) is 84.2 Å². The Morgan fingerprint density at radius 3 is 2.09 bits per heavy atom. The Kier molecular flexibility index (Phi) is 4.25. The van der Waals surface area contributed by atoms with Gasteiger partial charge in [0.25, 0.3) is 0 Å². The molecule has 7 heteroatoms. The van der Waals surface area contributed by atoms with Crippen LogP contribution in [-0.4, -0.2) is 34.4 Å². The van der Waals surface area contributed by atoms with Gasteiger partial charge in [0.1, 0.15) is 16.7 Å². The maximum atomic E-state index is 12.3. The predicted octanol–water partition coefficient (Wildman–Crippen LogP) is 1.91. The third kappa shape index (κ3) is 2.24. The van der Waals surface area contributed by atoms with Gasteiger partial charge in [0.2, 0.25) is 5.75 Å². The van der Waals surface area contributed by atoms with Crippen molar-refractivity contribution in [3.05, 3.63) is 27.6 Å². The van der Waals surface area contributed by atoms with Crippen molar-refractivity contribution in [2.24, 2.45) is 0 Å². The van der Waals surface area contributed by atoms with E-state index < -0.39 is 5.97 Å². The summed E-state index contributed by atoms with van der Waals surface area (Å²) in [6.45, 7) is 1.63. The second-order valence-corrected chi connectivity index (χ2v) is 4.39. The molecule has 0 aliphatic heterocycles. The zero-order valence-electron chi connectivity index (χ0n) is 12.9. The Morgan fingerprint density at radius 1 is 1.00 bits per heavy atom. The molecule has 0 aliphatic rings. The minimum absolute atomic E-state index is 0.0215. The highest BCUT2D eigenvalue weighted by Crippen LogP contribution is 2.45. The van der Waals surface area contributed by atoms with Gasteiger partial charge in [0, 0.05) is 6.07 Å². The third-order valence-electron chi connectivity index (χ3n) is 3.17. The number of fused-ring (bicyclic) bond motifs is 1. The molecule has 118 valence electrons. The number of ether oxygens (including phenoxy) is 4. The van der Waals surface area contributed by atoms with Crippen LogP contribution in [0.1, 0.15) is 16.1 Å². The summed E-state index contributed by atoms with van der Waals surface area (Å²) in [5, 5.41) is 0.0890. The lowest BCUT2D eigenvalue weighted by Gasteiger charge is -2.17. The van der Waals surface area contributed by atoms with Crippen molar-refractivity contribution in [3.63, 3.8) is 0 Å². The molecule has 2 rings (SSSR count). The van der Waals surface area contributed by atoms with E-state index in [1.165, 1.54) is 34.5 Å². The van der Waals surface area contributed by atoms with E-state index in [1.807, 2.05) is 0 Å². The first-order valence-electron chi connectivity index (χ1n) is 6.34. The Labute approximate surface area is 126 Å². The molecular formula is C15H16O7. The fourth-order valence-electron chi connectivity index (χ4n) is 2.30. The first-order chi connectivity index (χ1) is 10.5. The standard InChI is InChI=1S/C15H16O7/c1-7-6-8(16)9-11(18-2)10(15(17)21-5)12(19-3)14(20-4)13(9)22-7/h6H,1-5H3. The van der Waals surface area contributed by atoms with Crippen LogP contribution in [0.5, 0.6) is 17.2 Å². The van der Waals surface area contributed by atoms with Crippen molar-refractivity contribution in [1.82, 2.24) is 0 Å². The maximum Gasteiger partial charge on any atom is 0.345 e. The molecule has 1 aromatic carbocycles. The largest absolute Gasteiger partial charge is 0.495 e. The van der Waals surface area contributed by atoms with Gasteiger partial charge in [-0.1, -0.05) is 0 Å². The Bertz CT molecular complexity index is 789. The monoisotopic (exact) mass is 308 g/mol. The molecule has 0 N–H and O–H groups in total. The summed E-state index contributed by atoms with van der Waals surface area (Å²) in [5.41, 5.74) is -0.247. The fourth-order valence-corrected chi connectivity index (χ4v) is 2.30. The molecular weight excluding hydrogens is 292 g/mol. The van der Waals surface area contributed by atoms with Crippen LogP contribution in [0, 0.1) is 6.92 Å². The first-order valence-corrected chi connectivity index (χ1v) is 6.34. The van der Waals surface area contributed by atoms with Gasteiger partial charge >= 0.3 is 5.97 Å². The number of carbonyl (C=O) groups is 1. The summed E-state index contributed by atoms with van der Waals surface area (Å²) in [5.74, 6) is -0.0974. The van der Waals surface area contributed by atoms with Crippen LogP contribution in [0.15, 0.2) is 15.3 Å². The lowest BCUT2D eigenvalue weighted by Crippen LogP contribution is -2.12. The van der Waals surface area contributed by atoms with E-state index in [2.05, 4.69) is 0 Å². The lowest BCUT2D eigenvalue weighted by molar-refractivity contribution is 0.0593. The molecule has 0 amide bonds. The molecule has 1 aromatic heterocycles. The zero-order chi connectivity index (χ0) is 16.4. The Hall–Kier alpha value is -2.70. The number of esters is 1. The summed E-state index contributed by atoms with van der Waals surface area (Å²) in [6, 6.07) is 1.30. The van der Waals surface area contributed by atoms with Crippen molar-refractivity contribution in [1.29, 1.82) is 0 Å². The minimum atomic E-state index is -0.714. The van der Waals surface area contributed by atoms with E-state index in [-0.39, 0.29) is 39.2 Å². The van der Waals surface area contributed by atoms with Crippen LogP contribution in [-0.2, 0) is 4.74 Å². The van der Waals surface area contributed by atoms with E-state index in [4.69, 9.17) is 23.4 Å². The molecule has 7 nitrogen and oxygen atoms in total. The summed E-state index contributed by atoms with van der Waals surface area (Å²) >= 11 is 0. The van der Waals surface area contributed by atoms with Crippen molar-refractivity contribution < 1.29 is 28.2 Å². The zero-order valence-corrected chi connectivity index (χ0v) is 12.9. The van der Waals surface area contributed by atoms with Crippen LogP contribution < -0.4 is 19.6 Å². The highest BCUT2D eigenvalue weighted by Gasteiger charge is 2.30. The molecule has 0 unspecified atom stereocenters. The first kappa shape index (κ1) is 15.7. The summed E-state index contributed by atoms with van der Waals surface area (Å²) in [4.78, 5) is 24.4. The molecule has 0 saturated carbocycles.